The smallest absolute Gasteiger partial charge is 0.224 e. The van der Waals surface area contributed by atoms with Gasteiger partial charge >= 0.3 is 0 Å². The van der Waals surface area contributed by atoms with Gasteiger partial charge in [-0.1, -0.05) is 6.42 Å². The first-order chi connectivity index (χ1) is 10.7. The summed E-state index contributed by atoms with van der Waals surface area (Å²) in [5.74, 6) is 0.775. The van der Waals surface area contributed by atoms with E-state index in [1.165, 1.54) is 25.5 Å². The molecular weight excluding hydrogens is 304 g/mol. The monoisotopic (exact) mass is 320 g/mol. The minimum atomic E-state index is -0.0769. The quantitative estimate of drug-likeness (QED) is 0.836. The Morgan fingerprint density at radius 1 is 1.14 bits per heavy atom. The number of pyridine rings is 1. The summed E-state index contributed by atoms with van der Waals surface area (Å²) in [4.78, 5) is 11.9. The van der Waals surface area contributed by atoms with Gasteiger partial charge in [-0.15, -0.1) is 0 Å². The van der Waals surface area contributed by atoms with Gasteiger partial charge in [-0.25, -0.2) is 9.97 Å². The molecule has 7 heteroatoms. The molecule has 2 aromatic rings. The van der Waals surface area contributed by atoms with Gasteiger partial charge in [0.15, 0.2) is 11.6 Å². The largest absolute Gasteiger partial charge is 0.503 e. The number of ether oxygens (including phenoxy) is 1. The maximum absolute atomic E-state index is 9.68. The van der Waals surface area contributed by atoms with E-state index in [0.717, 1.165) is 12.8 Å². The number of nitrogens with one attached hydrogen (secondary N) is 1. The summed E-state index contributed by atoms with van der Waals surface area (Å²) in [6.45, 7) is 0. The minimum Gasteiger partial charge on any atom is -0.503 e. The van der Waals surface area contributed by atoms with Gasteiger partial charge in [-0.05, 0) is 43.4 Å². The van der Waals surface area contributed by atoms with Gasteiger partial charge in [0.05, 0.1) is 18.1 Å². The average Bonchev–Trinajstić information content (AvgIpc) is 2.54. The Labute approximate surface area is 133 Å². The molecule has 0 unspecified atom stereocenters. The van der Waals surface area contributed by atoms with E-state index in [9.17, 15) is 5.11 Å². The zero-order chi connectivity index (χ0) is 15.4. The van der Waals surface area contributed by atoms with Gasteiger partial charge in [-0.2, -0.15) is 4.98 Å². The summed E-state index contributed by atoms with van der Waals surface area (Å²) >= 11 is 5.71. The van der Waals surface area contributed by atoms with E-state index in [-0.39, 0.29) is 23.0 Å². The molecule has 2 N–H and O–H groups in total. The minimum absolute atomic E-state index is 0.0607. The highest BCUT2D eigenvalue weighted by molar-refractivity contribution is 6.28. The van der Waals surface area contributed by atoms with Crippen molar-refractivity contribution in [2.24, 2.45) is 0 Å². The topological polar surface area (TPSA) is 80.2 Å². The number of aromatic hydroxyl groups is 1. The second-order valence-corrected chi connectivity index (χ2v) is 5.60. The maximum atomic E-state index is 9.68. The summed E-state index contributed by atoms with van der Waals surface area (Å²) in [5.41, 5.74) is 0.682. The average molecular weight is 321 g/mol. The lowest BCUT2D eigenvalue weighted by molar-refractivity contribution is 0.148. The normalized spacial score (nSPS) is 15.5. The van der Waals surface area contributed by atoms with Crippen molar-refractivity contribution in [2.45, 2.75) is 38.2 Å². The van der Waals surface area contributed by atoms with Crippen molar-refractivity contribution in [1.29, 1.82) is 0 Å². The maximum Gasteiger partial charge on any atom is 0.224 e. The van der Waals surface area contributed by atoms with E-state index in [1.54, 1.807) is 12.3 Å². The molecule has 6 nitrogen and oxygen atoms in total. The van der Waals surface area contributed by atoms with E-state index < -0.39 is 0 Å². The highest BCUT2D eigenvalue weighted by Crippen LogP contribution is 2.26. The summed E-state index contributed by atoms with van der Waals surface area (Å²) in [5, 5.41) is 12.7. The van der Waals surface area contributed by atoms with Gasteiger partial charge < -0.3 is 15.2 Å². The van der Waals surface area contributed by atoms with Crippen LogP contribution in [0.1, 0.15) is 32.1 Å². The lowest BCUT2D eigenvalue weighted by Crippen LogP contribution is -2.20. The third kappa shape index (κ3) is 3.76. The Bertz CT molecular complexity index is 630. The van der Waals surface area contributed by atoms with Crippen LogP contribution in [0.5, 0.6) is 11.6 Å². The fourth-order valence-electron chi connectivity index (χ4n) is 2.46. The zero-order valence-electron chi connectivity index (χ0n) is 12.0. The van der Waals surface area contributed by atoms with Gasteiger partial charge in [-0.3, -0.25) is 0 Å². The molecule has 0 saturated heterocycles. The molecule has 0 amide bonds. The molecule has 0 aliphatic heterocycles. The van der Waals surface area contributed by atoms with Crippen LogP contribution in [0.25, 0.3) is 0 Å². The van der Waals surface area contributed by atoms with Crippen LogP contribution in [0.3, 0.4) is 0 Å². The van der Waals surface area contributed by atoms with Crippen molar-refractivity contribution in [3.8, 4) is 11.6 Å². The molecule has 1 aliphatic carbocycles. The van der Waals surface area contributed by atoms with Crippen LogP contribution in [0.15, 0.2) is 24.5 Å². The van der Waals surface area contributed by atoms with Crippen LogP contribution in [0, 0.1) is 0 Å². The second kappa shape index (κ2) is 6.79. The van der Waals surface area contributed by atoms with Crippen LogP contribution in [-0.4, -0.2) is 26.2 Å². The Morgan fingerprint density at radius 3 is 2.68 bits per heavy atom. The summed E-state index contributed by atoms with van der Waals surface area (Å²) in [6.07, 6.45) is 9.06. The van der Waals surface area contributed by atoms with Crippen molar-refractivity contribution in [2.75, 3.05) is 5.32 Å². The van der Waals surface area contributed by atoms with E-state index in [0.29, 0.717) is 11.6 Å². The van der Waals surface area contributed by atoms with E-state index in [4.69, 9.17) is 16.3 Å². The molecule has 116 valence electrons. The van der Waals surface area contributed by atoms with Crippen LogP contribution in [0.2, 0.25) is 5.28 Å². The molecule has 0 bridgehead atoms. The summed E-state index contributed by atoms with van der Waals surface area (Å²) in [6, 6.07) is 3.62. The van der Waals surface area contributed by atoms with E-state index >= 15 is 0 Å². The summed E-state index contributed by atoms with van der Waals surface area (Å²) in [7, 11) is 0. The molecule has 1 aliphatic rings. The first kappa shape index (κ1) is 14.8. The lowest BCUT2D eigenvalue weighted by atomic mass is 9.98. The zero-order valence-corrected chi connectivity index (χ0v) is 12.8. The fourth-order valence-corrected chi connectivity index (χ4v) is 2.59. The third-order valence-corrected chi connectivity index (χ3v) is 3.76. The van der Waals surface area contributed by atoms with Crippen LogP contribution < -0.4 is 10.1 Å². The number of hydrogen-bond acceptors (Lipinski definition) is 6. The Morgan fingerprint density at radius 2 is 1.95 bits per heavy atom. The highest BCUT2D eigenvalue weighted by Gasteiger charge is 2.15. The fraction of sp³-hybridized carbons (Fsp3) is 0.400. The van der Waals surface area contributed by atoms with Gasteiger partial charge in [0.2, 0.25) is 11.2 Å². The van der Waals surface area contributed by atoms with Crippen molar-refractivity contribution >= 4 is 23.1 Å². The van der Waals surface area contributed by atoms with E-state index in [1.807, 2.05) is 6.07 Å². The van der Waals surface area contributed by atoms with Crippen molar-refractivity contribution in [3.05, 3.63) is 29.8 Å². The molecule has 0 radical (unpaired) electrons. The Balaban J connectivity index is 1.64. The molecule has 2 aromatic heterocycles. The van der Waals surface area contributed by atoms with Crippen LogP contribution in [0.4, 0.5) is 11.5 Å². The summed E-state index contributed by atoms with van der Waals surface area (Å²) < 4.78 is 5.87. The number of nitrogens with zero attached hydrogens (tertiary/aromatic N) is 3. The van der Waals surface area contributed by atoms with Crippen LogP contribution in [-0.2, 0) is 0 Å². The number of rotatable bonds is 4. The molecule has 1 saturated carbocycles. The first-order valence-electron chi connectivity index (χ1n) is 7.32. The SMILES string of the molecule is Oc1cnc(Cl)nc1Nc1ccc(OC2CCCCC2)nc1. The lowest BCUT2D eigenvalue weighted by Gasteiger charge is -2.22. The standard InChI is InChI=1S/C15H17ClN4O2/c16-15-18-9-12(21)14(20-15)19-10-6-7-13(17-8-10)22-11-4-2-1-3-5-11/h6-9,11,21H,1-5H2,(H,18,19,20). The molecule has 22 heavy (non-hydrogen) atoms. The van der Waals surface area contributed by atoms with Gasteiger partial charge in [0.25, 0.3) is 0 Å². The molecule has 3 rings (SSSR count). The number of aromatic nitrogens is 3. The molecular formula is C15H17ClN4O2. The van der Waals surface area contributed by atoms with E-state index in [2.05, 4.69) is 20.3 Å². The predicted molar refractivity (Wildman–Crippen MR) is 83.7 cm³/mol. The molecule has 0 aromatic carbocycles. The second-order valence-electron chi connectivity index (χ2n) is 5.26. The molecule has 2 heterocycles. The third-order valence-electron chi connectivity index (χ3n) is 3.58. The van der Waals surface area contributed by atoms with Crippen LogP contribution >= 0.6 is 11.6 Å². The molecule has 0 spiro atoms. The van der Waals surface area contributed by atoms with Gasteiger partial charge in [0.1, 0.15) is 6.10 Å². The predicted octanol–water partition coefficient (Wildman–Crippen LogP) is 3.69. The number of anilines is 2. The molecule has 0 atom stereocenters. The van der Waals surface area contributed by atoms with Crippen molar-refractivity contribution < 1.29 is 9.84 Å². The van der Waals surface area contributed by atoms with Crippen molar-refractivity contribution in [1.82, 2.24) is 15.0 Å². The Hall–Kier alpha value is -2.08. The Kier molecular flexibility index (Phi) is 4.58. The first-order valence-corrected chi connectivity index (χ1v) is 7.70. The van der Waals surface area contributed by atoms with Gasteiger partial charge in [0, 0.05) is 6.07 Å². The number of hydrogen-bond donors (Lipinski definition) is 2. The number of halogens is 1. The van der Waals surface area contributed by atoms with Crippen molar-refractivity contribution in [3.63, 3.8) is 0 Å². The highest BCUT2D eigenvalue weighted by atomic mass is 35.5. The molecule has 1 fully saturated rings.